The maximum atomic E-state index is 13.5. The van der Waals surface area contributed by atoms with Gasteiger partial charge in [-0.2, -0.15) is 0 Å². The van der Waals surface area contributed by atoms with Crippen molar-refractivity contribution < 1.29 is 23.8 Å². The van der Waals surface area contributed by atoms with Gasteiger partial charge in [0.05, 0.1) is 18.1 Å². The zero-order chi connectivity index (χ0) is 27.9. The van der Waals surface area contributed by atoms with Crippen LogP contribution in [0.25, 0.3) is 6.08 Å². The quantitative estimate of drug-likeness (QED) is 0.135. The van der Waals surface area contributed by atoms with Gasteiger partial charge in [-0.15, -0.1) is 0 Å². The number of thioether (sulfide) groups is 1. The Labute approximate surface area is 246 Å². The van der Waals surface area contributed by atoms with Crippen molar-refractivity contribution in [1.82, 2.24) is 4.90 Å². The molecule has 1 atom stereocenters. The van der Waals surface area contributed by atoms with Crippen LogP contribution in [0.4, 0.5) is 0 Å². The highest BCUT2D eigenvalue weighted by Gasteiger charge is 2.42. The topological polar surface area (TPSA) is 65.1 Å². The van der Waals surface area contributed by atoms with E-state index in [0.717, 1.165) is 11.8 Å². The first kappa shape index (κ1) is 29.0. The molecule has 0 aromatic heterocycles. The van der Waals surface area contributed by atoms with Crippen LogP contribution in [0.1, 0.15) is 36.6 Å². The normalized spacial score (nSPS) is 15.0. The van der Waals surface area contributed by atoms with Gasteiger partial charge < -0.3 is 14.2 Å². The maximum Gasteiger partial charge on any atom is 0.333 e. The summed E-state index contributed by atoms with van der Waals surface area (Å²) in [4.78, 5) is 28.1. The van der Waals surface area contributed by atoms with E-state index in [9.17, 15) is 9.59 Å². The van der Waals surface area contributed by atoms with Gasteiger partial charge in [-0.25, -0.2) is 4.79 Å². The molecular weight excluding hydrogens is 577 g/mol. The van der Waals surface area contributed by atoms with Crippen LogP contribution in [-0.2, 0) is 20.9 Å². The third-order valence-electron chi connectivity index (χ3n) is 5.71. The summed E-state index contributed by atoms with van der Waals surface area (Å²) in [6, 6.07) is 18.6. The van der Waals surface area contributed by atoms with Gasteiger partial charge in [-0.1, -0.05) is 89.6 Å². The number of carbonyl (C=O) groups excluding carboxylic acids is 2. The number of ether oxygens (including phenoxy) is 3. The smallest absolute Gasteiger partial charge is 0.333 e. The van der Waals surface area contributed by atoms with Gasteiger partial charge in [0.1, 0.15) is 10.9 Å². The van der Waals surface area contributed by atoms with Gasteiger partial charge in [0.25, 0.3) is 5.91 Å². The van der Waals surface area contributed by atoms with E-state index >= 15 is 0 Å². The van der Waals surface area contributed by atoms with Crippen LogP contribution in [0.5, 0.6) is 11.5 Å². The lowest BCUT2D eigenvalue weighted by Crippen LogP contribution is -2.38. The Morgan fingerprint density at radius 2 is 1.69 bits per heavy atom. The van der Waals surface area contributed by atoms with Gasteiger partial charge in [0, 0.05) is 15.6 Å². The number of benzene rings is 3. The molecule has 1 aliphatic rings. The largest absolute Gasteiger partial charge is 0.490 e. The minimum absolute atomic E-state index is 0.158. The summed E-state index contributed by atoms with van der Waals surface area (Å²) in [7, 11) is 0. The number of nitrogens with zero attached hydrogens (tertiary/aromatic N) is 1. The predicted molar refractivity (Wildman–Crippen MR) is 159 cm³/mol. The summed E-state index contributed by atoms with van der Waals surface area (Å²) in [6.45, 7) is 4.34. The molecule has 1 unspecified atom stereocenters. The SMILES string of the molecule is CCOC(=O)C(c1ccccc1)N1C(=O)/C(=C/c2ccc(OCc3c(Cl)cccc3Cl)c(OCC)c2)SC1=S. The van der Waals surface area contributed by atoms with Crippen LogP contribution in [0.3, 0.4) is 0 Å². The second-order valence-corrected chi connectivity index (χ2v) is 10.7. The molecular formula is C29H25Cl2NO5S2. The number of halogens is 2. The number of hydrogen-bond acceptors (Lipinski definition) is 7. The minimum atomic E-state index is -0.976. The second kappa shape index (κ2) is 13.3. The summed E-state index contributed by atoms with van der Waals surface area (Å²) in [6.07, 6.45) is 1.71. The molecule has 202 valence electrons. The molecule has 0 spiro atoms. The van der Waals surface area contributed by atoms with E-state index in [0.29, 0.717) is 49.7 Å². The third kappa shape index (κ3) is 6.76. The Kier molecular flexibility index (Phi) is 9.91. The van der Waals surface area contributed by atoms with Gasteiger partial charge in [-0.05, 0) is 55.3 Å². The van der Waals surface area contributed by atoms with Crippen molar-refractivity contribution in [2.24, 2.45) is 0 Å². The number of hydrogen-bond donors (Lipinski definition) is 0. The Hall–Kier alpha value is -3.04. The van der Waals surface area contributed by atoms with Crippen LogP contribution in [0.2, 0.25) is 10.0 Å². The fourth-order valence-corrected chi connectivity index (χ4v) is 5.74. The van der Waals surface area contributed by atoms with E-state index in [-0.39, 0.29) is 23.4 Å². The Bertz CT molecular complexity index is 1390. The van der Waals surface area contributed by atoms with Crippen molar-refractivity contribution in [3.05, 3.63) is 98.4 Å². The predicted octanol–water partition coefficient (Wildman–Crippen LogP) is 7.48. The number of carbonyl (C=O) groups is 2. The first-order valence-electron chi connectivity index (χ1n) is 12.1. The van der Waals surface area contributed by atoms with Crippen LogP contribution < -0.4 is 9.47 Å². The Balaban J connectivity index is 1.60. The molecule has 0 saturated carbocycles. The molecule has 1 fully saturated rings. The number of rotatable bonds is 10. The van der Waals surface area contributed by atoms with Crippen LogP contribution in [0.15, 0.2) is 71.6 Å². The molecule has 3 aromatic carbocycles. The summed E-state index contributed by atoms with van der Waals surface area (Å²) in [5.74, 6) is 0.0844. The molecule has 0 bridgehead atoms. The van der Waals surface area contributed by atoms with Crippen LogP contribution in [0, 0.1) is 0 Å². The molecule has 1 amide bonds. The van der Waals surface area contributed by atoms with Crippen molar-refractivity contribution in [3.63, 3.8) is 0 Å². The summed E-state index contributed by atoms with van der Waals surface area (Å²) in [5, 5.41) is 1.02. The highest BCUT2D eigenvalue weighted by Crippen LogP contribution is 2.40. The number of esters is 1. The first-order chi connectivity index (χ1) is 18.8. The van der Waals surface area contributed by atoms with E-state index in [1.54, 1.807) is 73.7 Å². The summed E-state index contributed by atoms with van der Waals surface area (Å²) < 4.78 is 17.3. The zero-order valence-corrected chi connectivity index (χ0v) is 24.3. The van der Waals surface area contributed by atoms with Crippen molar-refractivity contribution in [2.75, 3.05) is 13.2 Å². The van der Waals surface area contributed by atoms with Gasteiger partial charge in [0.15, 0.2) is 17.5 Å². The fraction of sp³-hybridized carbons (Fsp3) is 0.207. The molecule has 0 aliphatic carbocycles. The molecule has 10 heteroatoms. The standard InChI is InChI=1S/C29H25Cl2NO5S2/c1-3-35-24-15-18(13-14-23(24)37-17-20-21(30)11-8-12-22(20)31)16-25-27(33)32(29(38)39-25)26(28(34)36-4-2)19-9-6-5-7-10-19/h5-16,26H,3-4,17H2,1-2H3/b25-16-. The van der Waals surface area contributed by atoms with Gasteiger partial charge in [0.2, 0.25) is 0 Å². The van der Waals surface area contributed by atoms with Crippen LogP contribution >= 0.6 is 47.2 Å². The fourth-order valence-electron chi connectivity index (χ4n) is 3.92. The maximum absolute atomic E-state index is 13.5. The molecule has 3 aromatic rings. The second-order valence-electron chi connectivity index (χ2n) is 8.25. The molecule has 4 rings (SSSR count). The molecule has 39 heavy (non-hydrogen) atoms. The molecule has 6 nitrogen and oxygen atoms in total. The molecule has 1 saturated heterocycles. The van der Waals surface area contributed by atoms with Crippen LogP contribution in [-0.4, -0.2) is 34.3 Å². The molecule has 1 aliphatic heterocycles. The van der Waals surface area contributed by atoms with Crippen molar-refractivity contribution in [1.29, 1.82) is 0 Å². The molecule has 0 N–H and O–H groups in total. The summed E-state index contributed by atoms with van der Waals surface area (Å²) in [5.41, 5.74) is 1.99. The number of amides is 1. The van der Waals surface area contributed by atoms with Gasteiger partial charge >= 0.3 is 5.97 Å². The average Bonchev–Trinajstić information content (AvgIpc) is 3.18. The van der Waals surface area contributed by atoms with E-state index < -0.39 is 12.0 Å². The van der Waals surface area contributed by atoms with Crippen molar-refractivity contribution in [2.45, 2.75) is 26.5 Å². The monoisotopic (exact) mass is 601 g/mol. The van der Waals surface area contributed by atoms with Crippen molar-refractivity contribution in [3.8, 4) is 11.5 Å². The molecule has 1 heterocycles. The highest BCUT2D eigenvalue weighted by molar-refractivity contribution is 8.26. The average molecular weight is 603 g/mol. The minimum Gasteiger partial charge on any atom is -0.490 e. The van der Waals surface area contributed by atoms with E-state index in [2.05, 4.69) is 0 Å². The Morgan fingerprint density at radius 1 is 0.974 bits per heavy atom. The van der Waals surface area contributed by atoms with Gasteiger partial charge in [-0.3, -0.25) is 9.69 Å². The first-order valence-corrected chi connectivity index (χ1v) is 14.1. The lowest BCUT2D eigenvalue weighted by atomic mass is 10.1. The third-order valence-corrected chi connectivity index (χ3v) is 7.74. The van der Waals surface area contributed by atoms with E-state index in [4.69, 9.17) is 49.6 Å². The summed E-state index contributed by atoms with van der Waals surface area (Å²) >= 11 is 19.2. The van der Waals surface area contributed by atoms with Crippen molar-refractivity contribution >= 4 is 69.5 Å². The van der Waals surface area contributed by atoms with E-state index in [1.165, 1.54) is 4.90 Å². The van der Waals surface area contributed by atoms with E-state index in [1.807, 2.05) is 13.0 Å². The highest BCUT2D eigenvalue weighted by atomic mass is 35.5. The zero-order valence-electron chi connectivity index (χ0n) is 21.2. The number of thiocarbonyl (C=S) groups is 1. The lowest BCUT2D eigenvalue weighted by molar-refractivity contribution is -0.151. The molecule has 0 radical (unpaired) electrons. The Morgan fingerprint density at radius 3 is 2.36 bits per heavy atom. The lowest BCUT2D eigenvalue weighted by Gasteiger charge is -2.25.